The number of halogens is 2. The van der Waals surface area contributed by atoms with E-state index in [9.17, 15) is 29.1 Å². The maximum Gasteiger partial charge on any atom is 0.372 e. The highest BCUT2D eigenvalue weighted by molar-refractivity contribution is 5.79. The van der Waals surface area contributed by atoms with Crippen LogP contribution in [0.5, 0.6) is 0 Å². The summed E-state index contributed by atoms with van der Waals surface area (Å²) < 4.78 is 50.9. The van der Waals surface area contributed by atoms with Crippen LogP contribution in [0.2, 0.25) is 0 Å². The number of nitrogens with one attached hydrogen (secondary N) is 3. The van der Waals surface area contributed by atoms with Gasteiger partial charge in [0, 0.05) is 40.7 Å². The van der Waals surface area contributed by atoms with Gasteiger partial charge in [0.1, 0.15) is 12.7 Å². The van der Waals surface area contributed by atoms with Gasteiger partial charge in [-0.05, 0) is 0 Å². The second kappa shape index (κ2) is 11.7. The van der Waals surface area contributed by atoms with E-state index >= 15 is 8.78 Å². The third-order valence-electron chi connectivity index (χ3n) is 4.83. The summed E-state index contributed by atoms with van der Waals surface area (Å²) in [6.45, 7) is 2.43. The van der Waals surface area contributed by atoms with Crippen LogP contribution in [-0.2, 0) is 42.9 Å². The van der Waals surface area contributed by atoms with Crippen LogP contribution in [0.15, 0.2) is 0 Å². The SMILES string of the molecule is CC(=O)NCC1(NC(=N)N)CC([C@H](OC(C)=O)[C@@H](COC(C)=O)OC(C)=O)O[C@@](F)(C(=O)O)C1F. The van der Waals surface area contributed by atoms with Crippen molar-refractivity contribution in [2.75, 3.05) is 13.2 Å². The zero-order valence-corrected chi connectivity index (χ0v) is 19.4. The number of amides is 1. The number of carboxylic acids is 1. The van der Waals surface area contributed by atoms with Crippen molar-refractivity contribution in [3.8, 4) is 0 Å². The highest BCUT2D eigenvalue weighted by atomic mass is 19.2. The highest BCUT2D eigenvalue weighted by Crippen LogP contribution is 2.42. The van der Waals surface area contributed by atoms with Crippen LogP contribution in [0.25, 0.3) is 0 Å². The number of alkyl halides is 2. The molecule has 35 heavy (non-hydrogen) atoms. The minimum Gasteiger partial charge on any atom is -0.477 e. The van der Waals surface area contributed by atoms with Crippen molar-refractivity contribution in [3.63, 3.8) is 0 Å². The van der Waals surface area contributed by atoms with E-state index in [1.54, 1.807) is 0 Å². The number of carbonyl (C=O) groups is 5. The number of hydrogen-bond donors (Lipinski definition) is 5. The molecule has 16 heteroatoms. The first-order valence-electron chi connectivity index (χ1n) is 10.1. The van der Waals surface area contributed by atoms with E-state index in [1.165, 1.54) is 0 Å². The van der Waals surface area contributed by atoms with Crippen LogP contribution in [0.4, 0.5) is 8.78 Å². The number of rotatable bonds is 10. The molecule has 1 fully saturated rings. The Hall–Kier alpha value is -3.56. The van der Waals surface area contributed by atoms with E-state index in [0.717, 1.165) is 27.7 Å². The molecule has 6 atom stereocenters. The molecule has 0 spiro atoms. The fourth-order valence-electron chi connectivity index (χ4n) is 3.54. The number of carbonyl (C=O) groups excluding carboxylic acids is 4. The molecule has 1 heterocycles. The summed E-state index contributed by atoms with van der Waals surface area (Å²) in [5.74, 6) is -11.0. The van der Waals surface area contributed by atoms with Gasteiger partial charge in [0.2, 0.25) is 5.91 Å². The molecule has 0 saturated carbocycles. The molecule has 198 valence electrons. The second-order valence-corrected chi connectivity index (χ2v) is 7.80. The number of carboxylic acid groups (broad SMARTS) is 1. The first kappa shape index (κ1) is 29.5. The van der Waals surface area contributed by atoms with Crippen molar-refractivity contribution in [2.24, 2.45) is 5.73 Å². The first-order chi connectivity index (χ1) is 16.0. The maximum absolute atomic E-state index is 15.6. The number of hydrogen-bond acceptors (Lipinski definition) is 10. The lowest BCUT2D eigenvalue weighted by atomic mass is 9.78. The zero-order chi connectivity index (χ0) is 27.1. The van der Waals surface area contributed by atoms with Crippen LogP contribution >= 0.6 is 0 Å². The fraction of sp³-hybridized carbons (Fsp3) is 0.684. The lowest BCUT2D eigenvalue weighted by molar-refractivity contribution is -0.285. The number of nitrogens with two attached hydrogens (primary N) is 1. The van der Waals surface area contributed by atoms with Gasteiger partial charge < -0.3 is 40.4 Å². The Morgan fingerprint density at radius 2 is 1.71 bits per heavy atom. The van der Waals surface area contributed by atoms with Crippen molar-refractivity contribution in [1.29, 1.82) is 5.41 Å². The molecule has 0 aromatic heterocycles. The van der Waals surface area contributed by atoms with Crippen LogP contribution in [0, 0.1) is 5.41 Å². The lowest BCUT2D eigenvalue weighted by Gasteiger charge is -2.50. The molecule has 0 radical (unpaired) electrons. The number of ether oxygens (including phenoxy) is 4. The van der Waals surface area contributed by atoms with E-state index < -0.39 is 91.2 Å². The van der Waals surface area contributed by atoms with Crippen molar-refractivity contribution in [2.45, 2.75) is 70.0 Å². The standard InChI is InChI=1S/C19H28F2N4O10/c1-8(26)24-7-18(25-17(22)23)5-12(35-19(21,15(18)20)16(30)31)14(34-11(4)29)13(33-10(3)28)6-32-9(2)27/h12-15H,5-7H2,1-4H3,(H,24,26)(H,30,31)(H4,22,23,25)/t12?,13-,14+,15?,18?,19-/m1/s1. The summed E-state index contributed by atoms with van der Waals surface area (Å²) >= 11 is 0. The normalized spacial score (nSPS) is 27.5. The fourth-order valence-corrected chi connectivity index (χ4v) is 3.54. The molecule has 1 saturated heterocycles. The molecule has 6 N–H and O–H groups in total. The Morgan fingerprint density at radius 1 is 1.14 bits per heavy atom. The second-order valence-electron chi connectivity index (χ2n) is 7.80. The highest BCUT2D eigenvalue weighted by Gasteiger charge is 2.66. The molecule has 0 bridgehead atoms. The third-order valence-corrected chi connectivity index (χ3v) is 4.83. The van der Waals surface area contributed by atoms with Gasteiger partial charge in [-0.3, -0.25) is 24.6 Å². The quantitative estimate of drug-likeness (QED) is 0.0997. The van der Waals surface area contributed by atoms with Gasteiger partial charge in [0.25, 0.3) is 0 Å². The molecule has 1 amide bonds. The summed E-state index contributed by atoms with van der Waals surface area (Å²) in [4.78, 5) is 58.0. The average molecular weight is 510 g/mol. The molecule has 1 rings (SSSR count). The topological polar surface area (TPSA) is 216 Å². The van der Waals surface area contributed by atoms with Gasteiger partial charge in [-0.25, -0.2) is 9.18 Å². The Morgan fingerprint density at radius 3 is 2.14 bits per heavy atom. The van der Waals surface area contributed by atoms with E-state index in [0.29, 0.717) is 0 Å². The molecular weight excluding hydrogens is 482 g/mol. The smallest absolute Gasteiger partial charge is 0.372 e. The molecule has 0 aromatic rings. The molecule has 14 nitrogen and oxygen atoms in total. The van der Waals surface area contributed by atoms with Crippen LogP contribution in [0.1, 0.15) is 34.1 Å². The van der Waals surface area contributed by atoms with Crippen molar-refractivity contribution < 1.29 is 56.8 Å². The molecular formula is C19H28F2N4O10. The van der Waals surface area contributed by atoms with E-state index in [2.05, 4.69) is 10.6 Å². The minimum atomic E-state index is -4.11. The van der Waals surface area contributed by atoms with Crippen LogP contribution < -0.4 is 16.4 Å². The van der Waals surface area contributed by atoms with Gasteiger partial charge in [-0.15, -0.1) is 0 Å². The van der Waals surface area contributed by atoms with E-state index in [-0.39, 0.29) is 0 Å². The average Bonchev–Trinajstić information content (AvgIpc) is 2.70. The summed E-state index contributed by atoms with van der Waals surface area (Å²) in [5, 5.41) is 21.3. The summed E-state index contributed by atoms with van der Waals surface area (Å²) in [6, 6.07) is 0. The van der Waals surface area contributed by atoms with Crippen molar-refractivity contribution >= 4 is 35.7 Å². The predicted molar refractivity (Wildman–Crippen MR) is 110 cm³/mol. The van der Waals surface area contributed by atoms with Crippen LogP contribution in [0.3, 0.4) is 0 Å². The molecule has 3 unspecified atom stereocenters. The Balaban J connectivity index is 3.66. The van der Waals surface area contributed by atoms with E-state index in [1.807, 2.05) is 0 Å². The molecule has 1 aliphatic heterocycles. The summed E-state index contributed by atoms with van der Waals surface area (Å²) in [7, 11) is 0. The third kappa shape index (κ3) is 7.73. The maximum atomic E-state index is 15.6. The predicted octanol–water partition coefficient (Wildman–Crippen LogP) is -1.35. The Labute approximate surface area is 198 Å². The molecule has 1 aliphatic rings. The first-order valence-corrected chi connectivity index (χ1v) is 10.1. The van der Waals surface area contributed by atoms with Crippen LogP contribution in [-0.4, -0.2) is 89.9 Å². The van der Waals surface area contributed by atoms with E-state index in [4.69, 9.17) is 30.1 Å². The lowest BCUT2D eigenvalue weighted by Crippen LogP contribution is -2.75. The number of guanidine groups is 1. The van der Waals surface area contributed by atoms with Gasteiger partial charge in [0.05, 0.1) is 5.54 Å². The number of aliphatic carboxylic acids is 1. The van der Waals surface area contributed by atoms with Gasteiger partial charge in [-0.1, -0.05) is 0 Å². The van der Waals surface area contributed by atoms with Crippen molar-refractivity contribution in [1.82, 2.24) is 10.6 Å². The van der Waals surface area contributed by atoms with Gasteiger partial charge in [-0.2, -0.15) is 4.39 Å². The largest absolute Gasteiger partial charge is 0.477 e. The molecule has 0 aliphatic carbocycles. The number of esters is 3. The van der Waals surface area contributed by atoms with Gasteiger partial charge in [0.15, 0.2) is 24.3 Å². The minimum absolute atomic E-state index is 0.714. The zero-order valence-electron chi connectivity index (χ0n) is 19.4. The Bertz CT molecular complexity index is 875. The molecule has 0 aromatic carbocycles. The van der Waals surface area contributed by atoms with Crippen molar-refractivity contribution in [3.05, 3.63) is 0 Å². The summed E-state index contributed by atoms with van der Waals surface area (Å²) in [6.07, 6.45) is -9.17. The summed E-state index contributed by atoms with van der Waals surface area (Å²) in [5.41, 5.74) is 2.91. The monoisotopic (exact) mass is 510 g/mol. The Kier molecular flexibility index (Phi) is 9.87. The van der Waals surface area contributed by atoms with Gasteiger partial charge >= 0.3 is 29.7 Å².